The van der Waals surface area contributed by atoms with Gasteiger partial charge < -0.3 is 15.2 Å². The molecule has 0 fully saturated rings. The van der Waals surface area contributed by atoms with Crippen LogP contribution in [0.15, 0.2) is 54.6 Å². The molecule has 0 aliphatic rings. The number of hydrogen-bond acceptors (Lipinski definition) is 4. The standard InChI is InChI=1S/C20H23NO4S/c1-15(26-14-17-5-3-2-4-6-17)20(24)21-12-11-16-7-9-18(10-8-16)25-13-19(22)23/h2-10,15H,11-14H2,1H3,(H,21,24)(H,22,23). The smallest absolute Gasteiger partial charge is 0.341 e. The van der Waals surface area contributed by atoms with Crippen LogP contribution in [0, 0.1) is 0 Å². The third kappa shape index (κ3) is 7.19. The van der Waals surface area contributed by atoms with Gasteiger partial charge in [0, 0.05) is 12.3 Å². The number of rotatable bonds is 10. The summed E-state index contributed by atoms with van der Waals surface area (Å²) in [6.45, 7) is 2.12. The Morgan fingerprint density at radius 2 is 1.77 bits per heavy atom. The topological polar surface area (TPSA) is 75.6 Å². The molecular weight excluding hydrogens is 350 g/mol. The van der Waals surface area contributed by atoms with E-state index in [9.17, 15) is 9.59 Å². The van der Waals surface area contributed by atoms with Gasteiger partial charge in [-0.25, -0.2) is 4.79 Å². The molecule has 0 aromatic heterocycles. The van der Waals surface area contributed by atoms with Crippen LogP contribution in [0.2, 0.25) is 0 Å². The molecule has 6 heteroatoms. The van der Waals surface area contributed by atoms with E-state index in [-0.39, 0.29) is 17.8 Å². The lowest BCUT2D eigenvalue weighted by molar-refractivity contribution is -0.139. The van der Waals surface area contributed by atoms with E-state index in [0.29, 0.717) is 18.7 Å². The van der Waals surface area contributed by atoms with Gasteiger partial charge in [-0.1, -0.05) is 42.5 Å². The summed E-state index contributed by atoms with van der Waals surface area (Å²) in [4.78, 5) is 22.6. The molecule has 1 atom stereocenters. The summed E-state index contributed by atoms with van der Waals surface area (Å²) in [5.74, 6) is 0.363. The van der Waals surface area contributed by atoms with Crippen LogP contribution in [0.25, 0.3) is 0 Å². The summed E-state index contributed by atoms with van der Waals surface area (Å²) in [5.41, 5.74) is 2.26. The highest BCUT2D eigenvalue weighted by Gasteiger charge is 2.12. The molecule has 0 aliphatic carbocycles. The molecule has 2 N–H and O–H groups in total. The van der Waals surface area contributed by atoms with Gasteiger partial charge in [-0.3, -0.25) is 4.79 Å². The lowest BCUT2D eigenvalue weighted by Gasteiger charge is -2.12. The predicted octanol–water partition coefficient (Wildman–Crippen LogP) is 3.13. The molecular formula is C20H23NO4S. The largest absolute Gasteiger partial charge is 0.482 e. The van der Waals surface area contributed by atoms with Crippen molar-refractivity contribution in [3.05, 3.63) is 65.7 Å². The Labute approximate surface area is 157 Å². The number of carbonyl (C=O) groups is 2. The number of thioether (sulfide) groups is 1. The SMILES string of the molecule is CC(SCc1ccccc1)C(=O)NCCc1ccc(OCC(=O)O)cc1. The molecule has 138 valence electrons. The van der Waals surface area contributed by atoms with Crippen LogP contribution in [0.3, 0.4) is 0 Å². The van der Waals surface area contributed by atoms with Crippen LogP contribution >= 0.6 is 11.8 Å². The molecule has 2 aromatic carbocycles. The maximum Gasteiger partial charge on any atom is 0.341 e. The Hall–Kier alpha value is -2.47. The second-order valence-corrected chi connectivity index (χ2v) is 7.14. The van der Waals surface area contributed by atoms with Crippen molar-refractivity contribution in [1.29, 1.82) is 0 Å². The van der Waals surface area contributed by atoms with Crippen molar-refractivity contribution in [3.63, 3.8) is 0 Å². The van der Waals surface area contributed by atoms with Gasteiger partial charge in [0.25, 0.3) is 0 Å². The zero-order valence-corrected chi connectivity index (χ0v) is 15.5. The zero-order valence-electron chi connectivity index (χ0n) is 14.7. The van der Waals surface area contributed by atoms with Crippen molar-refractivity contribution in [3.8, 4) is 5.75 Å². The van der Waals surface area contributed by atoms with Crippen LogP contribution in [0.5, 0.6) is 5.75 Å². The van der Waals surface area contributed by atoms with Crippen LogP contribution in [-0.4, -0.2) is 35.4 Å². The van der Waals surface area contributed by atoms with Crippen molar-refractivity contribution in [1.82, 2.24) is 5.32 Å². The first-order chi connectivity index (χ1) is 12.5. The second-order valence-electron chi connectivity index (χ2n) is 5.81. The minimum Gasteiger partial charge on any atom is -0.482 e. The molecule has 0 aliphatic heterocycles. The third-order valence-electron chi connectivity index (χ3n) is 3.71. The van der Waals surface area contributed by atoms with Crippen LogP contribution in [-0.2, 0) is 21.8 Å². The van der Waals surface area contributed by atoms with Gasteiger partial charge in [0.2, 0.25) is 5.91 Å². The van der Waals surface area contributed by atoms with Crippen LogP contribution < -0.4 is 10.1 Å². The van der Waals surface area contributed by atoms with Crippen LogP contribution in [0.1, 0.15) is 18.1 Å². The molecule has 0 radical (unpaired) electrons. The number of benzene rings is 2. The Bertz CT molecular complexity index is 704. The lowest BCUT2D eigenvalue weighted by atomic mass is 10.1. The van der Waals surface area contributed by atoms with E-state index < -0.39 is 5.97 Å². The highest BCUT2D eigenvalue weighted by atomic mass is 32.2. The van der Waals surface area contributed by atoms with E-state index in [1.54, 1.807) is 23.9 Å². The number of amides is 1. The first-order valence-electron chi connectivity index (χ1n) is 8.41. The fourth-order valence-corrected chi connectivity index (χ4v) is 3.11. The average Bonchev–Trinajstić information content (AvgIpc) is 2.66. The van der Waals surface area contributed by atoms with Crippen molar-refractivity contribution >= 4 is 23.6 Å². The number of hydrogen-bond donors (Lipinski definition) is 2. The summed E-state index contributed by atoms with van der Waals surface area (Å²) in [6, 6.07) is 17.3. The molecule has 0 spiro atoms. The van der Waals surface area contributed by atoms with Crippen LogP contribution in [0.4, 0.5) is 0 Å². The summed E-state index contributed by atoms with van der Waals surface area (Å²) in [7, 11) is 0. The number of carboxylic acids is 1. The Morgan fingerprint density at radius 1 is 1.08 bits per heavy atom. The first kappa shape index (κ1) is 19.8. The molecule has 0 bridgehead atoms. The predicted molar refractivity (Wildman–Crippen MR) is 103 cm³/mol. The minimum atomic E-state index is -1.00. The van der Waals surface area contributed by atoms with Gasteiger partial charge in [-0.05, 0) is 36.6 Å². The first-order valence-corrected chi connectivity index (χ1v) is 9.46. The Kier molecular flexibility index (Phi) is 8.02. The van der Waals surface area contributed by atoms with E-state index in [1.165, 1.54) is 5.56 Å². The van der Waals surface area contributed by atoms with Crippen molar-refractivity contribution in [2.24, 2.45) is 0 Å². The summed E-state index contributed by atoms with van der Waals surface area (Å²) in [5, 5.41) is 11.4. The molecule has 2 rings (SSSR count). The van der Waals surface area contributed by atoms with E-state index in [4.69, 9.17) is 9.84 Å². The zero-order chi connectivity index (χ0) is 18.8. The molecule has 2 aromatic rings. The molecule has 1 unspecified atom stereocenters. The molecule has 0 heterocycles. The molecule has 0 saturated carbocycles. The number of aliphatic carboxylic acids is 1. The third-order valence-corrected chi connectivity index (χ3v) is 4.92. The fourth-order valence-electron chi connectivity index (χ4n) is 2.24. The number of ether oxygens (including phenoxy) is 1. The van der Waals surface area contributed by atoms with Crippen molar-refractivity contribution in [2.75, 3.05) is 13.2 Å². The van der Waals surface area contributed by atoms with Gasteiger partial charge in [0.1, 0.15) is 5.75 Å². The van der Waals surface area contributed by atoms with Gasteiger partial charge in [-0.2, -0.15) is 0 Å². The second kappa shape index (κ2) is 10.5. The summed E-state index contributed by atoms with van der Waals surface area (Å²) < 4.78 is 5.09. The maximum absolute atomic E-state index is 12.2. The molecule has 5 nitrogen and oxygen atoms in total. The molecule has 1 amide bonds. The van der Waals surface area contributed by atoms with Gasteiger partial charge in [-0.15, -0.1) is 11.8 Å². The Balaban J connectivity index is 1.67. The summed E-state index contributed by atoms with van der Waals surface area (Å²) in [6.07, 6.45) is 0.709. The monoisotopic (exact) mass is 373 g/mol. The quantitative estimate of drug-likeness (QED) is 0.669. The van der Waals surface area contributed by atoms with E-state index >= 15 is 0 Å². The van der Waals surface area contributed by atoms with Crippen molar-refractivity contribution in [2.45, 2.75) is 24.3 Å². The van der Waals surface area contributed by atoms with E-state index in [0.717, 1.165) is 11.3 Å². The number of nitrogens with one attached hydrogen (secondary N) is 1. The highest BCUT2D eigenvalue weighted by molar-refractivity contribution is 7.99. The maximum atomic E-state index is 12.2. The van der Waals surface area contributed by atoms with Gasteiger partial charge in [0.15, 0.2) is 6.61 Å². The van der Waals surface area contributed by atoms with E-state index in [2.05, 4.69) is 17.4 Å². The highest BCUT2D eigenvalue weighted by Crippen LogP contribution is 2.17. The number of carboxylic acid groups (broad SMARTS) is 1. The normalized spacial score (nSPS) is 11.6. The Morgan fingerprint density at radius 3 is 2.42 bits per heavy atom. The lowest BCUT2D eigenvalue weighted by Crippen LogP contribution is -2.32. The van der Waals surface area contributed by atoms with Gasteiger partial charge in [0.05, 0.1) is 5.25 Å². The van der Waals surface area contributed by atoms with Gasteiger partial charge >= 0.3 is 5.97 Å². The fraction of sp³-hybridized carbons (Fsp3) is 0.300. The number of carbonyl (C=O) groups excluding carboxylic acids is 1. The molecule has 0 saturated heterocycles. The average molecular weight is 373 g/mol. The minimum absolute atomic E-state index is 0.0346. The van der Waals surface area contributed by atoms with E-state index in [1.807, 2.05) is 37.3 Å². The molecule has 26 heavy (non-hydrogen) atoms. The van der Waals surface area contributed by atoms with Crippen molar-refractivity contribution < 1.29 is 19.4 Å². The summed E-state index contributed by atoms with van der Waals surface area (Å²) >= 11 is 1.62.